The molecule has 0 radical (unpaired) electrons. The van der Waals surface area contributed by atoms with Gasteiger partial charge in [-0.3, -0.25) is 9.59 Å². The minimum atomic E-state index is -0.930. The SMILES string of the molecule is CCN(CC)C(=O)c1cn(CC2(O)CCN(C)CC2)c(=O)cc1-c1ccccc1. The molecule has 3 rings (SSSR count). The summed E-state index contributed by atoms with van der Waals surface area (Å²) < 4.78 is 1.51. The number of carbonyl (C=O) groups excluding carboxylic acids is 1. The second-order valence-electron chi connectivity index (χ2n) is 7.94. The van der Waals surface area contributed by atoms with E-state index in [-0.39, 0.29) is 18.0 Å². The second kappa shape index (κ2) is 8.93. The number of benzene rings is 1. The Hall–Kier alpha value is -2.44. The quantitative estimate of drug-likeness (QED) is 0.813. The normalized spacial score (nSPS) is 16.6. The van der Waals surface area contributed by atoms with E-state index in [1.165, 1.54) is 10.6 Å². The second-order valence-corrected chi connectivity index (χ2v) is 7.94. The van der Waals surface area contributed by atoms with Gasteiger partial charge in [0.1, 0.15) is 0 Å². The molecule has 29 heavy (non-hydrogen) atoms. The van der Waals surface area contributed by atoms with Crippen molar-refractivity contribution in [3.05, 3.63) is 58.5 Å². The Bertz CT molecular complexity index is 895. The number of rotatable bonds is 6. The number of amides is 1. The van der Waals surface area contributed by atoms with E-state index >= 15 is 0 Å². The molecule has 1 amide bonds. The standard InChI is InChI=1S/C23H31N3O3/c1-4-25(5-2)22(28)20-16-26(17-23(29)11-13-24(3)14-12-23)21(27)15-19(20)18-9-7-6-8-10-18/h6-10,15-16,29H,4-5,11-14,17H2,1-3H3. The van der Waals surface area contributed by atoms with Crippen molar-refractivity contribution >= 4 is 5.91 Å². The average Bonchev–Trinajstić information content (AvgIpc) is 2.73. The molecule has 0 unspecified atom stereocenters. The van der Waals surface area contributed by atoms with Crippen molar-refractivity contribution in [3.8, 4) is 11.1 Å². The van der Waals surface area contributed by atoms with Gasteiger partial charge in [-0.1, -0.05) is 30.3 Å². The molecule has 0 bridgehead atoms. The summed E-state index contributed by atoms with van der Waals surface area (Å²) >= 11 is 0. The van der Waals surface area contributed by atoms with Crippen LogP contribution in [0.4, 0.5) is 0 Å². The van der Waals surface area contributed by atoms with Gasteiger partial charge in [0.2, 0.25) is 0 Å². The first kappa shape index (κ1) is 21.3. The van der Waals surface area contributed by atoms with E-state index in [2.05, 4.69) is 4.90 Å². The summed E-state index contributed by atoms with van der Waals surface area (Å²) in [5.41, 5.74) is 0.841. The Morgan fingerprint density at radius 3 is 2.34 bits per heavy atom. The molecule has 1 aliphatic heterocycles. The first-order chi connectivity index (χ1) is 13.9. The summed E-state index contributed by atoms with van der Waals surface area (Å²) in [4.78, 5) is 30.0. The van der Waals surface area contributed by atoms with Crippen LogP contribution in [0.25, 0.3) is 11.1 Å². The highest BCUT2D eigenvalue weighted by Gasteiger charge is 2.32. The lowest BCUT2D eigenvalue weighted by Crippen LogP contribution is -2.47. The number of aromatic nitrogens is 1. The number of hydrogen-bond donors (Lipinski definition) is 1. The molecule has 0 saturated carbocycles. The van der Waals surface area contributed by atoms with Crippen molar-refractivity contribution < 1.29 is 9.90 Å². The molecule has 1 aliphatic rings. The number of hydrogen-bond acceptors (Lipinski definition) is 4. The number of piperidine rings is 1. The van der Waals surface area contributed by atoms with Crippen LogP contribution in [0.1, 0.15) is 37.0 Å². The third kappa shape index (κ3) is 4.77. The maximum absolute atomic E-state index is 13.2. The Labute approximate surface area is 172 Å². The fourth-order valence-electron chi connectivity index (χ4n) is 3.91. The molecule has 2 heterocycles. The number of carbonyl (C=O) groups is 1. The highest BCUT2D eigenvalue weighted by molar-refractivity contribution is 6.00. The van der Waals surface area contributed by atoms with Crippen LogP contribution in [0.3, 0.4) is 0 Å². The summed E-state index contributed by atoms with van der Waals surface area (Å²) in [6.07, 6.45) is 2.85. The van der Waals surface area contributed by atoms with Gasteiger partial charge in [0.15, 0.2) is 0 Å². The Morgan fingerprint density at radius 2 is 1.76 bits per heavy atom. The molecule has 6 nitrogen and oxygen atoms in total. The third-order valence-corrected chi connectivity index (χ3v) is 5.87. The minimum Gasteiger partial charge on any atom is -0.388 e. The first-order valence-corrected chi connectivity index (χ1v) is 10.4. The number of pyridine rings is 1. The van der Waals surface area contributed by atoms with Crippen molar-refractivity contribution in [2.45, 2.75) is 38.8 Å². The zero-order valence-corrected chi connectivity index (χ0v) is 17.6. The van der Waals surface area contributed by atoms with Gasteiger partial charge in [-0.25, -0.2) is 0 Å². The third-order valence-electron chi connectivity index (χ3n) is 5.87. The van der Waals surface area contributed by atoms with Gasteiger partial charge in [-0.05, 0) is 39.3 Å². The van der Waals surface area contributed by atoms with E-state index in [9.17, 15) is 14.7 Å². The number of aliphatic hydroxyl groups is 1. The lowest BCUT2D eigenvalue weighted by molar-refractivity contribution is -0.0298. The van der Waals surface area contributed by atoms with Crippen LogP contribution in [0.2, 0.25) is 0 Å². The van der Waals surface area contributed by atoms with Gasteiger partial charge in [0.05, 0.1) is 17.7 Å². The zero-order chi connectivity index (χ0) is 21.0. The van der Waals surface area contributed by atoms with Crippen molar-refractivity contribution in [1.29, 1.82) is 0 Å². The molecule has 156 valence electrons. The number of likely N-dealkylation sites (tertiary alicyclic amines) is 1. The summed E-state index contributed by atoms with van der Waals surface area (Å²) in [6.45, 7) is 6.87. The van der Waals surface area contributed by atoms with Gasteiger partial charge in [-0.15, -0.1) is 0 Å². The van der Waals surface area contributed by atoms with Gasteiger partial charge >= 0.3 is 0 Å². The van der Waals surface area contributed by atoms with Crippen molar-refractivity contribution in [3.63, 3.8) is 0 Å². The largest absolute Gasteiger partial charge is 0.388 e. The predicted molar refractivity (Wildman–Crippen MR) is 115 cm³/mol. The Balaban J connectivity index is 2.04. The van der Waals surface area contributed by atoms with E-state index < -0.39 is 5.60 Å². The first-order valence-electron chi connectivity index (χ1n) is 10.4. The molecular formula is C23H31N3O3. The van der Waals surface area contributed by atoms with Crippen LogP contribution in [-0.2, 0) is 6.54 Å². The van der Waals surface area contributed by atoms with Crippen LogP contribution in [0, 0.1) is 0 Å². The molecular weight excluding hydrogens is 366 g/mol. The Morgan fingerprint density at radius 1 is 1.14 bits per heavy atom. The highest BCUT2D eigenvalue weighted by Crippen LogP contribution is 2.26. The molecule has 0 aliphatic carbocycles. The number of nitrogens with zero attached hydrogens (tertiary/aromatic N) is 3. The molecule has 1 saturated heterocycles. The molecule has 1 aromatic heterocycles. The molecule has 1 fully saturated rings. The molecule has 0 atom stereocenters. The van der Waals surface area contributed by atoms with Gasteiger partial charge in [-0.2, -0.15) is 0 Å². The molecule has 1 aromatic carbocycles. The molecule has 1 N–H and O–H groups in total. The lowest BCUT2D eigenvalue weighted by Gasteiger charge is -2.37. The van der Waals surface area contributed by atoms with E-state index in [0.29, 0.717) is 37.1 Å². The van der Waals surface area contributed by atoms with Crippen LogP contribution in [0.5, 0.6) is 0 Å². The van der Waals surface area contributed by atoms with Crippen LogP contribution in [0.15, 0.2) is 47.4 Å². The maximum atomic E-state index is 13.2. The molecule has 6 heteroatoms. The van der Waals surface area contributed by atoms with Crippen LogP contribution < -0.4 is 5.56 Å². The molecule has 2 aromatic rings. The summed E-state index contributed by atoms with van der Waals surface area (Å²) in [5, 5.41) is 11.0. The van der Waals surface area contributed by atoms with Crippen LogP contribution in [-0.4, -0.2) is 64.2 Å². The summed E-state index contributed by atoms with van der Waals surface area (Å²) in [7, 11) is 2.03. The van der Waals surface area contributed by atoms with Crippen molar-refractivity contribution in [1.82, 2.24) is 14.4 Å². The summed E-state index contributed by atoms with van der Waals surface area (Å²) in [6, 6.07) is 11.0. The minimum absolute atomic E-state index is 0.0991. The fourth-order valence-corrected chi connectivity index (χ4v) is 3.91. The molecule has 0 spiro atoms. The predicted octanol–water partition coefficient (Wildman–Crippen LogP) is 2.45. The van der Waals surface area contributed by atoms with E-state index in [1.807, 2.05) is 51.2 Å². The average molecular weight is 398 g/mol. The van der Waals surface area contributed by atoms with E-state index in [4.69, 9.17) is 0 Å². The van der Waals surface area contributed by atoms with Gasteiger partial charge in [0.25, 0.3) is 11.5 Å². The maximum Gasteiger partial charge on any atom is 0.255 e. The van der Waals surface area contributed by atoms with Gasteiger partial charge in [0, 0.05) is 44.0 Å². The summed E-state index contributed by atoms with van der Waals surface area (Å²) in [5.74, 6) is -0.0991. The smallest absolute Gasteiger partial charge is 0.255 e. The van der Waals surface area contributed by atoms with E-state index in [1.54, 1.807) is 11.1 Å². The van der Waals surface area contributed by atoms with Gasteiger partial charge < -0.3 is 19.5 Å². The fraction of sp³-hybridized carbons (Fsp3) is 0.478. The topological polar surface area (TPSA) is 65.8 Å². The zero-order valence-electron chi connectivity index (χ0n) is 17.6. The monoisotopic (exact) mass is 397 g/mol. The lowest BCUT2D eigenvalue weighted by atomic mass is 9.91. The van der Waals surface area contributed by atoms with Crippen LogP contribution >= 0.6 is 0 Å². The van der Waals surface area contributed by atoms with Crippen molar-refractivity contribution in [2.75, 3.05) is 33.2 Å². The van der Waals surface area contributed by atoms with E-state index in [0.717, 1.165) is 18.7 Å². The van der Waals surface area contributed by atoms with Crippen molar-refractivity contribution in [2.24, 2.45) is 0 Å². The Kier molecular flexibility index (Phi) is 6.55. The highest BCUT2D eigenvalue weighted by atomic mass is 16.3.